The van der Waals surface area contributed by atoms with Crippen molar-refractivity contribution in [3.63, 3.8) is 0 Å². The van der Waals surface area contributed by atoms with Crippen LogP contribution in [0.25, 0.3) is 22.2 Å². The fourth-order valence-corrected chi connectivity index (χ4v) is 3.43. The summed E-state index contributed by atoms with van der Waals surface area (Å²) in [5.74, 6) is -3.13. The molecular formula is C19H16ClF2N3O. The van der Waals surface area contributed by atoms with Crippen LogP contribution in [0.3, 0.4) is 0 Å². The van der Waals surface area contributed by atoms with Crippen molar-refractivity contribution in [2.75, 3.05) is 13.1 Å². The van der Waals surface area contributed by atoms with Crippen molar-refractivity contribution < 1.29 is 13.6 Å². The van der Waals surface area contributed by atoms with Crippen LogP contribution in [0.15, 0.2) is 42.7 Å². The molecule has 0 saturated carbocycles. The Labute approximate surface area is 154 Å². The lowest BCUT2D eigenvalue weighted by Crippen LogP contribution is -2.59. The zero-order valence-corrected chi connectivity index (χ0v) is 14.8. The van der Waals surface area contributed by atoms with E-state index in [1.54, 1.807) is 17.0 Å². The van der Waals surface area contributed by atoms with Crippen LogP contribution in [0, 0.1) is 6.92 Å². The van der Waals surface area contributed by atoms with Crippen LogP contribution in [0.1, 0.15) is 5.56 Å². The van der Waals surface area contributed by atoms with Crippen molar-refractivity contribution >= 4 is 28.5 Å². The Morgan fingerprint density at radius 3 is 2.73 bits per heavy atom. The van der Waals surface area contributed by atoms with Crippen molar-refractivity contribution in [1.29, 1.82) is 0 Å². The number of rotatable bonds is 3. The molecule has 0 aliphatic carbocycles. The molecule has 0 spiro atoms. The molecular weight excluding hydrogens is 360 g/mol. The van der Waals surface area contributed by atoms with Gasteiger partial charge in [0, 0.05) is 18.0 Å². The first-order valence-electron chi connectivity index (χ1n) is 8.19. The molecule has 1 saturated heterocycles. The molecule has 0 atom stereocenters. The van der Waals surface area contributed by atoms with Gasteiger partial charge in [0.25, 0.3) is 5.92 Å². The molecule has 7 heteroatoms. The van der Waals surface area contributed by atoms with Crippen LogP contribution >= 0.6 is 11.6 Å². The summed E-state index contributed by atoms with van der Waals surface area (Å²) in [6.07, 6.45) is 3.36. The van der Waals surface area contributed by atoms with Crippen molar-refractivity contribution in [3.8, 4) is 11.1 Å². The molecule has 4 rings (SSSR count). The number of aryl methyl sites for hydroxylation is 1. The van der Waals surface area contributed by atoms with E-state index in [0.29, 0.717) is 16.1 Å². The summed E-state index contributed by atoms with van der Waals surface area (Å²) in [5.41, 5.74) is 4.33. The number of carbonyl (C=O) groups excluding carboxylic acids is 1. The van der Waals surface area contributed by atoms with Gasteiger partial charge in [-0.2, -0.15) is 0 Å². The zero-order chi connectivity index (χ0) is 18.5. The average molecular weight is 376 g/mol. The Hall–Kier alpha value is -2.47. The van der Waals surface area contributed by atoms with E-state index in [-0.39, 0.29) is 12.5 Å². The van der Waals surface area contributed by atoms with Crippen molar-refractivity contribution in [2.24, 2.45) is 0 Å². The lowest BCUT2D eigenvalue weighted by molar-refractivity contribution is -0.166. The predicted octanol–water partition coefficient (Wildman–Crippen LogP) is 4.14. The lowest BCUT2D eigenvalue weighted by Gasteiger charge is -2.38. The topological polar surface area (TPSA) is 38.1 Å². The standard InChI is InChI=1S/C19H16ClF2N3O/c1-12-3-2-4-13(5-12)14-6-16-18(23-7-14)15(20)8-24(16)9-17(26)25-10-19(21,22)11-25/h2-8H,9-11H2,1H3. The largest absolute Gasteiger partial charge is 0.335 e. The van der Waals surface area contributed by atoms with Gasteiger partial charge in [-0.1, -0.05) is 41.4 Å². The number of nitrogens with zero attached hydrogens (tertiary/aromatic N) is 3. The molecule has 0 radical (unpaired) electrons. The van der Waals surface area contributed by atoms with E-state index in [9.17, 15) is 13.6 Å². The van der Waals surface area contributed by atoms with Crippen LogP contribution in [-0.4, -0.2) is 39.4 Å². The highest BCUT2D eigenvalue weighted by Gasteiger charge is 2.46. The van der Waals surface area contributed by atoms with Gasteiger partial charge in [-0.25, -0.2) is 8.78 Å². The van der Waals surface area contributed by atoms with Crippen LogP contribution in [0.4, 0.5) is 8.78 Å². The predicted molar refractivity (Wildman–Crippen MR) is 96.4 cm³/mol. The summed E-state index contributed by atoms with van der Waals surface area (Å²) >= 11 is 6.23. The molecule has 0 unspecified atom stereocenters. The highest BCUT2D eigenvalue weighted by atomic mass is 35.5. The van der Waals surface area contributed by atoms with Crippen molar-refractivity contribution in [3.05, 3.63) is 53.3 Å². The molecule has 1 aromatic carbocycles. The van der Waals surface area contributed by atoms with Gasteiger partial charge in [-0.15, -0.1) is 0 Å². The molecule has 0 bridgehead atoms. The number of hydrogen-bond donors (Lipinski definition) is 0. The molecule has 4 nitrogen and oxygen atoms in total. The number of alkyl halides is 2. The number of hydrogen-bond acceptors (Lipinski definition) is 2. The van der Waals surface area contributed by atoms with Crippen LogP contribution in [-0.2, 0) is 11.3 Å². The molecule has 1 aliphatic heterocycles. The Balaban J connectivity index is 1.67. The summed E-state index contributed by atoms with van der Waals surface area (Å²) in [5, 5.41) is 0.428. The van der Waals surface area contributed by atoms with E-state index < -0.39 is 19.0 Å². The summed E-state index contributed by atoms with van der Waals surface area (Å²) < 4.78 is 27.6. The van der Waals surface area contributed by atoms with Gasteiger partial charge < -0.3 is 9.47 Å². The van der Waals surface area contributed by atoms with E-state index in [2.05, 4.69) is 4.98 Å². The number of benzene rings is 1. The molecule has 3 aromatic rings. The fourth-order valence-electron chi connectivity index (χ4n) is 3.17. The number of aromatic nitrogens is 2. The lowest BCUT2D eigenvalue weighted by atomic mass is 10.1. The quantitative estimate of drug-likeness (QED) is 0.690. The number of amides is 1. The Bertz CT molecular complexity index is 1010. The maximum absolute atomic E-state index is 13.0. The number of likely N-dealkylation sites (tertiary alicyclic amines) is 1. The van der Waals surface area contributed by atoms with Gasteiger partial charge in [-0.05, 0) is 18.6 Å². The van der Waals surface area contributed by atoms with Gasteiger partial charge in [0.15, 0.2) is 0 Å². The molecule has 134 valence electrons. The van der Waals surface area contributed by atoms with Crippen molar-refractivity contribution in [1.82, 2.24) is 14.5 Å². The van der Waals surface area contributed by atoms with Crippen LogP contribution in [0.2, 0.25) is 5.02 Å². The second-order valence-corrected chi connectivity index (χ2v) is 7.08. The smallest absolute Gasteiger partial charge is 0.282 e. The molecule has 2 aromatic heterocycles. The first-order valence-corrected chi connectivity index (χ1v) is 8.57. The van der Waals surface area contributed by atoms with E-state index in [0.717, 1.165) is 21.6 Å². The normalized spacial score (nSPS) is 15.9. The Kier molecular flexibility index (Phi) is 3.95. The Morgan fingerprint density at radius 1 is 1.27 bits per heavy atom. The van der Waals surface area contributed by atoms with Gasteiger partial charge in [0.2, 0.25) is 5.91 Å². The Morgan fingerprint density at radius 2 is 2.04 bits per heavy atom. The van der Waals surface area contributed by atoms with Crippen LogP contribution in [0.5, 0.6) is 0 Å². The highest BCUT2D eigenvalue weighted by molar-refractivity contribution is 6.35. The maximum atomic E-state index is 13.0. The molecule has 26 heavy (non-hydrogen) atoms. The first kappa shape index (κ1) is 17.0. The van der Waals surface area contributed by atoms with E-state index in [4.69, 9.17) is 11.6 Å². The number of carbonyl (C=O) groups is 1. The van der Waals surface area contributed by atoms with Gasteiger partial charge >= 0.3 is 0 Å². The van der Waals surface area contributed by atoms with E-state index in [1.165, 1.54) is 0 Å². The first-order chi connectivity index (χ1) is 12.3. The third-order valence-electron chi connectivity index (χ3n) is 4.53. The third-order valence-corrected chi connectivity index (χ3v) is 4.80. The maximum Gasteiger partial charge on any atom is 0.282 e. The summed E-state index contributed by atoms with van der Waals surface area (Å²) in [6, 6.07) is 9.93. The van der Waals surface area contributed by atoms with E-state index in [1.807, 2.05) is 37.3 Å². The summed E-state index contributed by atoms with van der Waals surface area (Å²) in [7, 11) is 0. The minimum atomic E-state index is -2.77. The van der Waals surface area contributed by atoms with Gasteiger partial charge in [-0.3, -0.25) is 9.78 Å². The third kappa shape index (κ3) is 3.05. The number of fused-ring (bicyclic) bond motifs is 1. The number of pyridine rings is 1. The average Bonchev–Trinajstić information content (AvgIpc) is 2.88. The van der Waals surface area contributed by atoms with Crippen LogP contribution < -0.4 is 0 Å². The molecule has 1 amide bonds. The minimum absolute atomic E-state index is 0.0434. The summed E-state index contributed by atoms with van der Waals surface area (Å²) in [6.45, 7) is 0.923. The summed E-state index contributed by atoms with van der Waals surface area (Å²) in [4.78, 5) is 17.8. The number of halogens is 3. The van der Waals surface area contributed by atoms with Gasteiger partial charge in [0.1, 0.15) is 12.1 Å². The fraction of sp³-hybridized carbons (Fsp3) is 0.263. The molecule has 1 aliphatic rings. The second kappa shape index (κ2) is 6.06. The minimum Gasteiger partial charge on any atom is -0.335 e. The second-order valence-electron chi connectivity index (χ2n) is 6.67. The van der Waals surface area contributed by atoms with Crippen molar-refractivity contribution in [2.45, 2.75) is 19.4 Å². The monoisotopic (exact) mass is 375 g/mol. The van der Waals surface area contributed by atoms with E-state index >= 15 is 0 Å². The molecule has 3 heterocycles. The molecule has 1 fully saturated rings. The molecule has 0 N–H and O–H groups in total. The SMILES string of the molecule is Cc1cccc(-c2cnc3c(Cl)cn(CC(=O)N4CC(F)(F)C4)c3c2)c1. The zero-order valence-electron chi connectivity index (χ0n) is 14.0. The highest BCUT2D eigenvalue weighted by Crippen LogP contribution is 2.30. The van der Waals surface area contributed by atoms with Gasteiger partial charge in [0.05, 0.1) is 23.6 Å².